The Morgan fingerprint density at radius 2 is 1.97 bits per heavy atom. The molecule has 4 rings (SSSR count). The molecule has 5 nitrogen and oxygen atoms in total. The van der Waals surface area contributed by atoms with Gasteiger partial charge in [0.05, 0.1) is 11.4 Å². The summed E-state index contributed by atoms with van der Waals surface area (Å²) in [5, 5.41) is 5.80. The third-order valence-corrected chi connectivity index (χ3v) is 7.36. The molecule has 4 aromatic rings. The van der Waals surface area contributed by atoms with Gasteiger partial charge in [0.25, 0.3) is 5.91 Å². The third-order valence-electron chi connectivity index (χ3n) is 4.14. The summed E-state index contributed by atoms with van der Waals surface area (Å²) in [4.78, 5) is 27.8. The Hall–Kier alpha value is -2.55. The molecule has 0 unspecified atom stereocenters. The van der Waals surface area contributed by atoms with E-state index in [0.717, 1.165) is 36.9 Å². The predicted octanol–water partition coefficient (Wildman–Crippen LogP) is 5.99. The van der Waals surface area contributed by atoms with Gasteiger partial charge in [0.15, 0.2) is 4.34 Å². The van der Waals surface area contributed by atoms with Gasteiger partial charge in [-0.2, -0.15) is 0 Å². The van der Waals surface area contributed by atoms with Gasteiger partial charge in [-0.15, -0.1) is 22.7 Å². The molecule has 0 aliphatic heterocycles. The monoisotopic (exact) mass is 438 g/mol. The van der Waals surface area contributed by atoms with Crippen LogP contribution >= 0.6 is 34.4 Å². The molecular weight excluding hydrogens is 420 g/mol. The molecule has 0 radical (unpaired) electrons. The maximum absolute atomic E-state index is 12.8. The Morgan fingerprint density at radius 3 is 2.66 bits per heavy atom. The molecule has 29 heavy (non-hydrogen) atoms. The molecule has 0 bridgehead atoms. The van der Waals surface area contributed by atoms with Crippen LogP contribution in [-0.2, 0) is 0 Å². The highest BCUT2D eigenvalue weighted by atomic mass is 32.2. The lowest BCUT2D eigenvalue weighted by molar-refractivity contribution is 0.102. The second-order valence-electron chi connectivity index (χ2n) is 6.44. The molecule has 146 valence electrons. The molecule has 3 aromatic heterocycles. The van der Waals surface area contributed by atoms with Gasteiger partial charge in [-0.3, -0.25) is 9.78 Å². The zero-order valence-corrected chi connectivity index (χ0v) is 18.5. The van der Waals surface area contributed by atoms with Crippen LogP contribution in [0.4, 0.5) is 5.69 Å². The zero-order chi connectivity index (χ0) is 20.4. The second-order valence-corrected chi connectivity index (χ2v) is 9.61. The van der Waals surface area contributed by atoms with Crippen molar-refractivity contribution in [3.8, 4) is 10.7 Å². The zero-order valence-electron chi connectivity index (χ0n) is 16.1. The molecule has 1 aromatic carbocycles. The number of hydrogen-bond donors (Lipinski definition) is 1. The molecular formula is C21H18N4OS3. The lowest BCUT2D eigenvalue weighted by Crippen LogP contribution is -2.12. The van der Waals surface area contributed by atoms with Gasteiger partial charge < -0.3 is 5.32 Å². The highest BCUT2D eigenvalue weighted by Crippen LogP contribution is 2.33. The van der Waals surface area contributed by atoms with E-state index in [-0.39, 0.29) is 5.91 Å². The van der Waals surface area contributed by atoms with Crippen LogP contribution in [0.3, 0.4) is 0 Å². The Kier molecular flexibility index (Phi) is 5.75. The first-order chi connectivity index (χ1) is 14.0. The number of aromatic nitrogens is 3. The van der Waals surface area contributed by atoms with Crippen LogP contribution in [-0.4, -0.2) is 20.9 Å². The second kappa shape index (κ2) is 8.44. The molecule has 0 aliphatic rings. The minimum atomic E-state index is -0.152. The average molecular weight is 439 g/mol. The van der Waals surface area contributed by atoms with Crippen LogP contribution in [0.15, 0.2) is 57.2 Å². The van der Waals surface area contributed by atoms with Gasteiger partial charge in [-0.05, 0) is 56.7 Å². The van der Waals surface area contributed by atoms with Crippen molar-refractivity contribution >= 4 is 46.0 Å². The molecule has 1 N–H and O–H groups in total. The molecule has 8 heteroatoms. The van der Waals surface area contributed by atoms with Crippen molar-refractivity contribution in [3.05, 3.63) is 69.8 Å². The number of aryl methyl sites for hydroxylation is 3. The minimum Gasteiger partial charge on any atom is -0.321 e. The normalized spacial score (nSPS) is 10.9. The first-order valence-electron chi connectivity index (χ1n) is 8.90. The summed E-state index contributed by atoms with van der Waals surface area (Å²) >= 11 is 4.62. The van der Waals surface area contributed by atoms with Crippen molar-refractivity contribution in [1.29, 1.82) is 0 Å². The van der Waals surface area contributed by atoms with E-state index < -0.39 is 0 Å². The number of benzene rings is 1. The fourth-order valence-electron chi connectivity index (χ4n) is 2.70. The van der Waals surface area contributed by atoms with Crippen molar-refractivity contribution in [2.24, 2.45) is 0 Å². The van der Waals surface area contributed by atoms with Gasteiger partial charge in [0.2, 0.25) is 0 Å². The third kappa shape index (κ3) is 4.55. The van der Waals surface area contributed by atoms with Crippen molar-refractivity contribution in [3.63, 3.8) is 0 Å². The summed E-state index contributed by atoms with van der Waals surface area (Å²) in [6.07, 6.45) is 1.72. The summed E-state index contributed by atoms with van der Waals surface area (Å²) in [5.41, 5.74) is 4.31. The number of hydrogen-bond acceptors (Lipinski definition) is 7. The molecule has 1 amide bonds. The van der Waals surface area contributed by atoms with E-state index in [9.17, 15) is 4.79 Å². The Balaban J connectivity index is 1.50. The predicted molar refractivity (Wildman–Crippen MR) is 120 cm³/mol. The molecule has 0 atom stereocenters. The molecule has 0 saturated carbocycles. The maximum Gasteiger partial charge on any atom is 0.267 e. The number of rotatable bonds is 5. The molecule has 0 saturated heterocycles. The Morgan fingerprint density at radius 1 is 1.10 bits per heavy atom. The van der Waals surface area contributed by atoms with E-state index in [4.69, 9.17) is 0 Å². The number of nitrogens with zero attached hydrogens (tertiary/aromatic N) is 3. The van der Waals surface area contributed by atoms with E-state index in [2.05, 4.69) is 26.3 Å². The van der Waals surface area contributed by atoms with Crippen molar-refractivity contribution < 1.29 is 4.79 Å². The number of anilines is 1. The van der Waals surface area contributed by atoms with Crippen LogP contribution in [0, 0.1) is 20.8 Å². The summed E-state index contributed by atoms with van der Waals surface area (Å²) in [5.74, 6) is -0.152. The topological polar surface area (TPSA) is 67.8 Å². The number of carbonyl (C=O) groups excluding carboxylic acids is 1. The first kappa shape index (κ1) is 19.8. The van der Waals surface area contributed by atoms with Crippen molar-refractivity contribution in [1.82, 2.24) is 15.0 Å². The van der Waals surface area contributed by atoms with E-state index in [1.165, 1.54) is 11.3 Å². The number of pyridine rings is 1. The molecule has 0 fully saturated rings. The van der Waals surface area contributed by atoms with Crippen LogP contribution in [0.2, 0.25) is 0 Å². The quantitative estimate of drug-likeness (QED) is 0.414. The van der Waals surface area contributed by atoms with Crippen LogP contribution < -0.4 is 5.32 Å². The van der Waals surface area contributed by atoms with Gasteiger partial charge in [0, 0.05) is 27.9 Å². The standard InChI is InChI=1S/C21H18N4OS3/c1-12-10-15(28-21-23-13(2)11-27-21)7-8-16(12)25-19(26)18-14(3)24-20(29-18)17-6-4-5-9-22-17/h4-11H,1-3H3,(H,25,26). The van der Waals surface area contributed by atoms with Gasteiger partial charge >= 0.3 is 0 Å². The van der Waals surface area contributed by atoms with E-state index >= 15 is 0 Å². The van der Waals surface area contributed by atoms with Crippen LogP contribution in [0.1, 0.15) is 26.6 Å². The van der Waals surface area contributed by atoms with Gasteiger partial charge in [0.1, 0.15) is 9.88 Å². The average Bonchev–Trinajstić information content (AvgIpc) is 3.30. The summed E-state index contributed by atoms with van der Waals surface area (Å²) in [6, 6.07) is 11.7. The van der Waals surface area contributed by atoms with Crippen molar-refractivity contribution in [2.45, 2.75) is 30.0 Å². The lowest BCUT2D eigenvalue weighted by atomic mass is 10.2. The van der Waals surface area contributed by atoms with Crippen molar-refractivity contribution in [2.75, 3.05) is 5.32 Å². The summed E-state index contributed by atoms with van der Waals surface area (Å²) in [7, 11) is 0. The van der Waals surface area contributed by atoms with Crippen LogP contribution in [0.25, 0.3) is 10.7 Å². The van der Waals surface area contributed by atoms with E-state index in [0.29, 0.717) is 10.6 Å². The first-order valence-corrected chi connectivity index (χ1v) is 11.4. The Bertz CT molecular complexity index is 1170. The summed E-state index contributed by atoms with van der Waals surface area (Å²) < 4.78 is 1.01. The fourth-order valence-corrected chi connectivity index (χ4v) is 5.55. The molecule has 0 spiro atoms. The van der Waals surface area contributed by atoms with Gasteiger partial charge in [-0.1, -0.05) is 17.8 Å². The largest absolute Gasteiger partial charge is 0.321 e. The maximum atomic E-state index is 12.8. The number of amides is 1. The van der Waals surface area contributed by atoms with E-state index in [1.807, 2.05) is 56.5 Å². The SMILES string of the molecule is Cc1csc(Sc2ccc(NC(=O)c3sc(-c4ccccn4)nc3C)c(C)c2)n1. The van der Waals surface area contributed by atoms with Crippen LogP contribution in [0.5, 0.6) is 0 Å². The highest BCUT2D eigenvalue weighted by molar-refractivity contribution is 8.01. The number of carbonyl (C=O) groups is 1. The smallest absolute Gasteiger partial charge is 0.267 e. The van der Waals surface area contributed by atoms with E-state index in [1.54, 1.807) is 29.3 Å². The highest BCUT2D eigenvalue weighted by Gasteiger charge is 2.17. The van der Waals surface area contributed by atoms with Gasteiger partial charge in [-0.25, -0.2) is 9.97 Å². The summed E-state index contributed by atoms with van der Waals surface area (Å²) in [6.45, 7) is 5.83. The molecule has 0 aliphatic carbocycles. The Labute approximate surface area is 181 Å². The fraction of sp³-hybridized carbons (Fsp3) is 0.143. The number of nitrogens with one attached hydrogen (secondary N) is 1. The molecule has 3 heterocycles. The number of thiazole rings is 2. The lowest BCUT2D eigenvalue weighted by Gasteiger charge is -2.09. The minimum absolute atomic E-state index is 0.152.